The Labute approximate surface area is 119 Å². The smallest absolute Gasteiger partial charge is 0.128 e. The summed E-state index contributed by atoms with van der Waals surface area (Å²) in [5.41, 5.74) is 2.47. The highest BCUT2D eigenvalue weighted by atomic mass is 35.5. The van der Waals surface area contributed by atoms with Crippen LogP contribution in [-0.4, -0.2) is 9.55 Å². The molecule has 2 aromatic rings. The van der Waals surface area contributed by atoms with E-state index in [0.29, 0.717) is 0 Å². The molecule has 1 heterocycles. The van der Waals surface area contributed by atoms with Gasteiger partial charge in [-0.15, -0.1) is 11.6 Å². The SMILES string of the molecule is CC(Cl)c1nc2ccccc2n1C1(C)CCCCC1. The first kappa shape index (κ1) is 13.0. The molecule has 1 atom stereocenters. The summed E-state index contributed by atoms with van der Waals surface area (Å²) in [7, 11) is 0. The first-order valence-corrected chi connectivity index (χ1v) is 7.67. The number of benzene rings is 1. The fraction of sp³-hybridized carbons (Fsp3) is 0.562. The van der Waals surface area contributed by atoms with Crippen LogP contribution in [0.25, 0.3) is 11.0 Å². The Morgan fingerprint density at radius 2 is 1.89 bits per heavy atom. The van der Waals surface area contributed by atoms with Crippen molar-refractivity contribution in [2.75, 3.05) is 0 Å². The average Bonchev–Trinajstić information content (AvgIpc) is 2.79. The van der Waals surface area contributed by atoms with Crippen LogP contribution in [0.2, 0.25) is 0 Å². The van der Waals surface area contributed by atoms with Crippen LogP contribution in [-0.2, 0) is 5.54 Å². The van der Waals surface area contributed by atoms with E-state index in [-0.39, 0.29) is 10.9 Å². The number of fused-ring (bicyclic) bond motifs is 1. The molecule has 102 valence electrons. The van der Waals surface area contributed by atoms with Crippen LogP contribution < -0.4 is 0 Å². The highest BCUT2D eigenvalue weighted by Crippen LogP contribution is 2.39. The van der Waals surface area contributed by atoms with Gasteiger partial charge in [-0.3, -0.25) is 0 Å². The lowest BCUT2D eigenvalue weighted by atomic mass is 9.82. The molecule has 1 unspecified atom stereocenters. The Hall–Kier alpha value is -1.02. The first-order chi connectivity index (χ1) is 9.12. The topological polar surface area (TPSA) is 17.8 Å². The van der Waals surface area contributed by atoms with E-state index < -0.39 is 0 Å². The van der Waals surface area contributed by atoms with Crippen molar-refractivity contribution in [3.63, 3.8) is 0 Å². The minimum Gasteiger partial charge on any atom is -0.321 e. The number of halogens is 1. The number of nitrogens with zero attached hydrogens (tertiary/aromatic N) is 2. The maximum atomic E-state index is 6.38. The summed E-state index contributed by atoms with van der Waals surface area (Å²) in [5, 5.41) is -0.0499. The summed E-state index contributed by atoms with van der Waals surface area (Å²) in [4.78, 5) is 4.76. The standard InChI is InChI=1S/C16H21ClN2/c1-12(17)15-18-13-8-4-5-9-14(13)19(15)16(2)10-6-3-7-11-16/h4-5,8-9,12H,3,6-7,10-11H2,1-2H3. The largest absolute Gasteiger partial charge is 0.321 e. The Balaban J connectivity index is 2.22. The van der Waals surface area contributed by atoms with Crippen molar-refractivity contribution >= 4 is 22.6 Å². The van der Waals surface area contributed by atoms with Gasteiger partial charge in [-0.2, -0.15) is 0 Å². The van der Waals surface area contributed by atoms with Crippen LogP contribution in [0.15, 0.2) is 24.3 Å². The number of hydrogen-bond acceptors (Lipinski definition) is 1. The number of hydrogen-bond donors (Lipinski definition) is 0. The fourth-order valence-electron chi connectivity index (χ4n) is 3.42. The second-order valence-electron chi connectivity index (χ2n) is 5.97. The summed E-state index contributed by atoms with van der Waals surface area (Å²) in [5.74, 6) is 1.02. The Kier molecular flexibility index (Phi) is 3.30. The van der Waals surface area contributed by atoms with E-state index in [9.17, 15) is 0 Å². The maximum absolute atomic E-state index is 6.38. The molecule has 0 N–H and O–H groups in total. The van der Waals surface area contributed by atoms with Crippen molar-refractivity contribution in [1.82, 2.24) is 9.55 Å². The van der Waals surface area contributed by atoms with E-state index in [2.05, 4.69) is 29.7 Å². The quantitative estimate of drug-likeness (QED) is 0.705. The monoisotopic (exact) mass is 276 g/mol. The summed E-state index contributed by atoms with van der Waals surface area (Å²) >= 11 is 6.38. The predicted octanol–water partition coefficient (Wildman–Crippen LogP) is 5.02. The summed E-state index contributed by atoms with van der Waals surface area (Å²) in [6, 6.07) is 8.40. The number of para-hydroxylation sites is 2. The molecule has 3 rings (SSSR count). The van der Waals surface area contributed by atoms with Crippen molar-refractivity contribution in [2.45, 2.75) is 56.9 Å². The fourth-order valence-corrected chi connectivity index (χ4v) is 3.56. The van der Waals surface area contributed by atoms with Gasteiger partial charge in [0.25, 0.3) is 0 Å². The molecule has 1 aromatic heterocycles. The normalized spacial score (nSPS) is 20.6. The Bertz CT molecular complexity index is 579. The third kappa shape index (κ3) is 2.16. The third-order valence-corrected chi connectivity index (χ3v) is 4.61. The molecule has 0 saturated heterocycles. The van der Waals surface area contributed by atoms with E-state index in [1.807, 2.05) is 13.0 Å². The molecule has 1 fully saturated rings. The molecule has 2 nitrogen and oxygen atoms in total. The zero-order valence-corrected chi connectivity index (χ0v) is 12.5. The van der Waals surface area contributed by atoms with E-state index in [0.717, 1.165) is 11.3 Å². The molecule has 0 spiro atoms. The molecule has 1 aliphatic carbocycles. The van der Waals surface area contributed by atoms with Crippen LogP contribution >= 0.6 is 11.6 Å². The van der Waals surface area contributed by atoms with Gasteiger partial charge >= 0.3 is 0 Å². The average molecular weight is 277 g/mol. The van der Waals surface area contributed by atoms with Crippen LogP contribution in [0.3, 0.4) is 0 Å². The molecular formula is C16H21ClN2. The van der Waals surface area contributed by atoms with Crippen LogP contribution in [0.4, 0.5) is 0 Å². The van der Waals surface area contributed by atoms with Crippen molar-refractivity contribution < 1.29 is 0 Å². The lowest BCUT2D eigenvalue weighted by molar-refractivity contribution is 0.219. The zero-order chi connectivity index (χ0) is 13.5. The maximum Gasteiger partial charge on any atom is 0.128 e. The Morgan fingerprint density at radius 1 is 1.21 bits per heavy atom. The van der Waals surface area contributed by atoms with Gasteiger partial charge in [-0.1, -0.05) is 31.4 Å². The molecule has 1 saturated carbocycles. The third-order valence-electron chi connectivity index (χ3n) is 4.41. The van der Waals surface area contributed by atoms with Crippen LogP contribution in [0.5, 0.6) is 0 Å². The molecular weight excluding hydrogens is 256 g/mol. The highest BCUT2D eigenvalue weighted by molar-refractivity contribution is 6.20. The lowest BCUT2D eigenvalue weighted by Gasteiger charge is -2.37. The summed E-state index contributed by atoms with van der Waals surface area (Å²) in [6.07, 6.45) is 6.42. The molecule has 1 aromatic carbocycles. The van der Waals surface area contributed by atoms with E-state index in [4.69, 9.17) is 16.6 Å². The summed E-state index contributed by atoms with van der Waals surface area (Å²) in [6.45, 7) is 4.38. The van der Waals surface area contributed by atoms with Gasteiger partial charge in [0, 0.05) is 5.54 Å². The number of imidazole rings is 1. The molecule has 19 heavy (non-hydrogen) atoms. The van der Waals surface area contributed by atoms with Gasteiger partial charge in [0.2, 0.25) is 0 Å². The van der Waals surface area contributed by atoms with E-state index >= 15 is 0 Å². The van der Waals surface area contributed by atoms with Gasteiger partial charge in [0.05, 0.1) is 16.4 Å². The molecule has 1 aliphatic rings. The second-order valence-corrected chi connectivity index (χ2v) is 6.62. The van der Waals surface area contributed by atoms with Crippen LogP contribution in [0.1, 0.15) is 57.2 Å². The number of aromatic nitrogens is 2. The van der Waals surface area contributed by atoms with E-state index in [1.165, 1.54) is 37.6 Å². The Morgan fingerprint density at radius 3 is 2.58 bits per heavy atom. The van der Waals surface area contributed by atoms with Crippen molar-refractivity contribution in [1.29, 1.82) is 0 Å². The number of alkyl halides is 1. The van der Waals surface area contributed by atoms with Gasteiger partial charge in [0.1, 0.15) is 5.82 Å². The minimum atomic E-state index is -0.0499. The van der Waals surface area contributed by atoms with Gasteiger partial charge in [-0.05, 0) is 38.8 Å². The molecule has 0 aliphatic heterocycles. The number of rotatable bonds is 2. The van der Waals surface area contributed by atoms with E-state index in [1.54, 1.807) is 0 Å². The highest BCUT2D eigenvalue weighted by Gasteiger charge is 2.33. The van der Waals surface area contributed by atoms with Crippen molar-refractivity contribution in [3.05, 3.63) is 30.1 Å². The zero-order valence-electron chi connectivity index (χ0n) is 11.7. The first-order valence-electron chi connectivity index (χ1n) is 7.24. The van der Waals surface area contributed by atoms with Gasteiger partial charge in [-0.25, -0.2) is 4.98 Å². The molecule has 0 bridgehead atoms. The lowest BCUT2D eigenvalue weighted by Crippen LogP contribution is -2.34. The van der Waals surface area contributed by atoms with Crippen molar-refractivity contribution in [3.8, 4) is 0 Å². The van der Waals surface area contributed by atoms with Crippen LogP contribution in [0, 0.1) is 0 Å². The molecule has 0 radical (unpaired) electrons. The summed E-state index contributed by atoms with van der Waals surface area (Å²) < 4.78 is 2.42. The molecule has 0 amide bonds. The minimum absolute atomic E-state index is 0.0499. The molecule has 3 heteroatoms. The predicted molar refractivity (Wildman–Crippen MR) is 80.7 cm³/mol. The second kappa shape index (κ2) is 4.82. The van der Waals surface area contributed by atoms with Gasteiger partial charge in [0.15, 0.2) is 0 Å². The van der Waals surface area contributed by atoms with Crippen molar-refractivity contribution in [2.24, 2.45) is 0 Å². The van der Waals surface area contributed by atoms with Gasteiger partial charge < -0.3 is 4.57 Å².